The van der Waals surface area contributed by atoms with Crippen LogP contribution in [-0.4, -0.2) is 35.6 Å². The maximum absolute atomic E-state index is 4.80. The van der Waals surface area contributed by atoms with Crippen LogP contribution in [0.5, 0.6) is 0 Å². The van der Waals surface area contributed by atoms with Crippen LogP contribution in [0.2, 0.25) is 0 Å². The molecule has 0 unspecified atom stereocenters. The molecule has 1 saturated carbocycles. The number of hydrogen-bond acceptors (Lipinski definition) is 3. The molecule has 0 amide bonds. The molecule has 2 aliphatic rings. The number of aromatic nitrogens is 2. The van der Waals surface area contributed by atoms with Gasteiger partial charge in [-0.1, -0.05) is 6.42 Å². The Labute approximate surface area is 127 Å². The van der Waals surface area contributed by atoms with E-state index in [0.717, 1.165) is 30.8 Å². The van der Waals surface area contributed by atoms with E-state index in [-0.39, 0.29) is 0 Å². The number of fused-ring (bicyclic) bond motifs is 1. The summed E-state index contributed by atoms with van der Waals surface area (Å²) in [7, 11) is 0. The number of nitrogens with zero attached hydrogens (tertiary/aromatic N) is 3. The van der Waals surface area contributed by atoms with E-state index in [0.29, 0.717) is 5.92 Å². The van der Waals surface area contributed by atoms with Crippen molar-refractivity contribution in [1.82, 2.24) is 14.7 Å². The van der Waals surface area contributed by atoms with Crippen molar-refractivity contribution in [3.05, 3.63) is 28.8 Å². The van der Waals surface area contributed by atoms with Gasteiger partial charge in [0.15, 0.2) is 0 Å². The number of imidazole rings is 1. The van der Waals surface area contributed by atoms with E-state index in [9.17, 15) is 0 Å². The van der Waals surface area contributed by atoms with Crippen LogP contribution in [0.4, 0.5) is 5.69 Å². The SMILES string of the molecule is Brc1nc(C2CCC2)n2cccc(N3CCNCC3)c12. The van der Waals surface area contributed by atoms with E-state index in [1.54, 1.807) is 0 Å². The van der Waals surface area contributed by atoms with Crippen molar-refractivity contribution in [3.8, 4) is 0 Å². The first-order valence-electron chi connectivity index (χ1n) is 7.47. The molecule has 4 rings (SSSR count). The van der Waals surface area contributed by atoms with Crippen molar-refractivity contribution < 1.29 is 0 Å². The summed E-state index contributed by atoms with van der Waals surface area (Å²) in [6.07, 6.45) is 6.06. The minimum absolute atomic E-state index is 0.645. The van der Waals surface area contributed by atoms with E-state index >= 15 is 0 Å². The summed E-state index contributed by atoms with van der Waals surface area (Å²) >= 11 is 3.68. The molecule has 1 aliphatic heterocycles. The summed E-state index contributed by atoms with van der Waals surface area (Å²) in [5.41, 5.74) is 2.54. The largest absolute Gasteiger partial charge is 0.367 e. The molecule has 0 aromatic carbocycles. The van der Waals surface area contributed by atoms with Gasteiger partial charge in [0.1, 0.15) is 15.9 Å². The summed E-state index contributed by atoms with van der Waals surface area (Å²) in [5, 5.41) is 3.41. The second-order valence-corrected chi connectivity index (χ2v) is 6.49. The third-order valence-corrected chi connectivity index (χ3v) is 5.11. The first-order valence-corrected chi connectivity index (χ1v) is 8.26. The molecule has 3 heterocycles. The number of rotatable bonds is 2. The maximum atomic E-state index is 4.80. The highest BCUT2D eigenvalue weighted by Crippen LogP contribution is 2.39. The summed E-state index contributed by atoms with van der Waals surface area (Å²) in [5.74, 6) is 1.88. The van der Waals surface area contributed by atoms with Crippen molar-refractivity contribution in [2.45, 2.75) is 25.2 Å². The van der Waals surface area contributed by atoms with Gasteiger partial charge in [0.05, 0.1) is 5.69 Å². The Morgan fingerprint density at radius 2 is 2.05 bits per heavy atom. The molecule has 4 nitrogen and oxygen atoms in total. The molecule has 2 aromatic rings. The molecule has 0 atom stereocenters. The standard InChI is InChI=1S/C15H19BrN4/c16-14-13-12(19-9-6-17-7-10-19)5-2-8-20(13)15(18-14)11-3-1-4-11/h2,5,8,11,17H,1,3-4,6-7,9-10H2. The average molecular weight is 335 g/mol. The third kappa shape index (κ3) is 1.95. The summed E-state index contributed by atoms with van der Waals surface area (Å²) in [4.78, 5) is 7.27. The fourth-order valence-corrected chi connectivity index (χ4v) is 3.79. The molecule has 2 fully saturated rings. The molecular formula is C15H19BrN4. The summed E-state index contributed by atoms with van der Waals surface area (Å²) < 4.78 is 3.29. The van der Waals surface area contributed by atoms with Crippen LogP contribution in [0.15, 0.2) is 22.9 Å². The summed E-state index contributed by atoms with van der Waals surface area (Å²) in [6.45, 7) is 4.25. The fraction of sp³-hybridized carbons (Fsp3) is 0.533. The van der Waals surface area contributed by atoms with Crippen LogP contribution >= 0.6 is 15.9 Å². The van der Waals surface area contributed by atoms with Gasteiger partial charge in [-0.25, -0.2) is 4.98 Å². The normalized spacial score (nSPS) is 20.4. The van der Waals surface area contributed by atoms with Gasteiger partial charge in [0, 0.05) is 38.3 Å². The zero-order chi connectivity index (χ0) is 13.5. The lowest BCUT2D eigenvalue weighted by molar-refractivity contribution is 0.400. The predicted molar refractivity (Wildman–Crippen MR) is 84.6 cm³/mol. The molecule has 0 spiro atoms. The Bertz CT molecular complexity index is 626. The summed E-state index contributed by atoms with van der Waals surface area (Å²) in [6, 6.07) is 4.37. The highest BCUT2D eigenvalue weighted by atomic mass is 79.9. The van der Waals surface area contributed by atoms with E-state index in [1.807, 2.05) is 0 Å². The first kappa shape index (κ1) is 12.7. The Kier molecular flexibility index (Phi) is 3.19. The Balaban J connectivity index is 1.82. The van der Waals surface area contributed by atoms with Gasteiger partial charge in [-0.3, -0.25) is 0 Å². The molecule has 0 bridgehead atoms. The number of anilines is 1. The molecule has 5 heteroatoms. The van der Waals surface area contributed by atoms with Crippen LogP contribution in [-0.2, 0) is 0 Å². The molecule has 1 saturated heterocycles. The number of piperazine rings is 1. The highest BCUT2D eigenvalue weighted by molar-refractivity contribution is 9.10. The average Bonchev–Trinajstić information content (AvgIpc) is 2.76. The van der Waals surface area contributed by atoms with Gasteiger partial charge in [0.25, 0.3) is 0 Å². The Morgan fingerprint density at radius 3 is 2.75 bits per heavy atom. The minimum atomic E-state index is 0.645. The van der Waals surface area contributed by atoms with Gasteiger partial charge in [0.2, 0.25) is 0 Å². The van der Waals surface area contributed by atoms with E-state index < -0.39 is 0 Å². The van der Waals surface area contributed by atoms with E-state index in [1.165, 1.54) is 36.3 Å². The van der Waals surface area contributed by atoms with Crippen molar-refractivity contribution in [2.75, 3.05) is 31.1 Å². The van der Waals surface area contributed by atoms with Gasteiger partial charge in [-0.15, -0.1) is 0 Å². The molecule has 20 heavy (non-hydrogen) atoms. The van der Waals surface area contributed by atoms with Crippen molar-refractivity contribution >= 4 is 27.1 Å². The van der Waals surface area contributed by atoms with Crippen LogP contribution in [0, 0.1) is 0 Å². The second-order valence-electron chi connectivity index (χ2n) is 5.74. The van der Waals surface area contributed by atoms with Gasteiger partial charge in [-0.2, -0.15) is 0 Å². The van der Waals surface area contributed by atoms with E-state index in [2.05, 4.69) is 48.9 Å². The van der Waals surface area contributed by atoms with Crippen LogP contribution < -0.4 is 10.2 Å². The van der Waals surface area contributed by atoms with E-state index in [4.69, 9.17) is 4.98 Å². The van der Waals surface area contributed by atoms with Crippen LogP contribution in [0.25, 0.3) is 5.52 Å². The lowest BCUT2D eigenvalue weighted by Gasteiger charge is -2.30. The fourth-order valence-electron chi connectivity index (χ4n) is 3.22. The van der Waals surface area contributed by atoms with Crippen LogP contribution in [0.1, 0.15) is 31.0 Å². The Hall–Kier alpha value is -1.07. The molecule has 106 valence electrons. The van der Waals surface area contributed by atoms with Gasteiger partial charge in [-0.05, 0) is 40.9 Å². The van der Waals surface area contributed by atoms with Crippen LogP contribution in [0.3, 0.4) is 0 Å². The predicted octanol–water partition coefficient (Wildman–Crippen LogP) is 2.77. The van der Waals surface area contributed by atoms with Crippen molar-refractivity contribution in [1.29, 1.82) is 0 Å². The molecular weight excluding hydrogens is 316 g/mol. The number of hydrogen-bond donors (Lipinski definition) is 1. The first-order chi connectivity index (χ1) is 9.84. The topological polar surface area (TPSA) is 32.6 Å². The van der Waals surface area contributed by atoms with Crippen molar-refractivity contribution in [2.24, 2.45) is 0 Å². The molecule has 1 aliphatic carbocycles. The molecule has 2 aromatic heterocycles. The lowest BCUT2D eigenvalue weighted by Crippen LogP contribution is -2.43. The number of halogens is 1. The zero-order valence-corrected chi connectivity index (χ0v) is 13.1. The van der Waals surface area contributed by atoms with Gasteiger partial charge < -0.3 is 14.6 Å². The van der Waals surface area contributed by atoms with Gasteiger partial charge >= 0.3 is 0 Å². The molecule has 0 radical (unpaired) electrons. The zero-order valence-electron chi connectivity index (χ0n) is 11.5. The minimum Gasteiger partial charge on any atom is -0.367 e. The smallest absolute Gasteiger partial charge is 0.134 e. The van der Waals surface area contributed by atoms with Crippen molar-refractivity contribution in [3.63, 3.8) is 0 Å². The molecule has 1 N–H and O–H groups in total. The Morgan fingerprint density at radius 1 is 1.25 bits per heavy atom. The maximum Gasteiger partial charge on any atom is 0.134 e. The quantitative estimate of drug-likeness (QED) is 0.916. The number of nitrogens with one attached hydrogen (secondary N) is 1. The number of pyridine rings is 1. The lowest BCUT2D eigenvalue weighted by atomic mass is 9.85. The highest BCUT2D eigenvalue weighted by Gasteiger charge is 2.26. The third-order valence-electron chi connectivity index (χ3n) is 4.56. The monoisotopic (exact) mass is 334 g/mol. The second kappa shape index (κ2) is 5.04.